The van der Waals surface area contributed by atoms with E-state index in [1.165, 1.54) is 38.5 Å². The predicted molar refractivity (Wildman–Crippen MR) is 95.2 cm³/mol. The molecule has 1 saturated heterocycles. The van der Waals surface area contributed by atoms with Gasteiger partial charge in [0.1, 0.15) is 0 Å². The second kappa shape index (κ2) is 9.47. The molecule has 2 N–H and O–H groups in total. The Bertz CT molecular complexity index is 472. The molecule has 0 spiro atoms. The van der Waals surface area contributed by atoms with Gasteiger partial charge >= 0.3 is 0 Å². The molecule has 0 atom stereocenters. The van der Waals surface area contributed by atoms with E-state index in [1.807, 2.05) is 0 Å². The molecule has 1 aliphatic heterocycles. The molecule has 1 aliphatic carbocycles. The van der Waals surface area contributed by atoms with Crippen molar-refractivity contribution in [1.82, 2.24) is 14.9 Å². The highest BCUT2D eigenvalue weighted by atomic mass is 32.2. The maximum Gasteiger partial charge on any atom is 0.214 e. The molecule has 0 aromatic rings. The van der Waals surface area contributed by atoms with Crippen LogP contribution in [0.5, 0.6) is 0 Å². The minimum Gasteiger partial charge on any atom is -0.356 e. The smallest absolute Gasteiger partial charge is 0.214 e. The largest absolute Gasteiger partial charge is 0.356 e. The van der Waals surface area contributed by atoms with E-state index < -0.39 is 10.0 Å². The van der Waals surface area contributed by atoms with Crippen molar-refractivity contribution in [3.63, 3.8) is 0 Å². The molecule has 0 radical (unpaired) electrons. The third-order valence-corrected chi connectivity index (χ3v) is 6.84. The third kappa shape index (κ3) is 6.30. The van der Waals surface area contributed by atoms with Gasteiger partial charge in [0.25, 0.3) is 0 Å². The Morgan fingerprint density at radius 3 is 2.52 bits per heavy atom. The predicted octanol–water partition coefficient (Wildman–Crippen LogP) is 1.55. The minimum atomic E-state index is -2.99. The van der Waals surface area contributed by atoms with Crippen LogP contribution in [-0.2, 0) is 10.0 Å². The van der Waals surface area contributed by atoms with Gasteiger partial charge in [0.2, 0.25) is 10.0 Å². The molecule has 1 heterocycles. The van der Waals surface area contributed by atoms with Gasteiger partial charge in [-0.15, -0.1) is 0 Å². The lowest BCUT2D eigenvalue weighted by molar-refractivity contribution is 0.444. The summed E-state index contributed by atoms with van der Waals surface area (Å²) in [6, 6.07) is 0. The highest BCUT2D eigenvalue weighted by molar-refractivity contribution is 7.89. The number of guanidine groups is 1. The number of sulfonamides is 1. The van der Waals surface area contributed by atoms with Crippen molar-refractivity contribution in [2.24, 2.45) is 10.9 Å². The number of nitrogens with zero attached hydrogens (tertiary/aromatic N) is 2. The third-order valence-electron chi connectivity index (χ3n) is 4.89. The molecule has 2 fully saturated rings. The summed E-state index contributed by atoms with van der Waals surface area (Å²) in [6.07, 6.45) is 10.2. The van der Waals surface area contributed by atoms with Crippen molar-refractivity contribution in [2.75, 3.05) is 39.0 Å². The summed E-state index contributed by atoms with van der Waals surface area (Å²) in [5, 5.41) is 6.51. The zero-order valence-electron chi connectivity index (χ0n) is 14.4. The first-order valence-corrected chi connectivity index (χ1v) is 10.6. The Morgan fingerprint density at radius 2 is 1.87 bits per heavy atom. The summed E-state index contributed by atoms with van der Waals surface area (Å²) in [6.45, 7) is 2.69. The molecule has 2 rings (SSSR count). The fourth-order valence-electron chi connectivity index (χ4n) is 3.53. The van der Waals surface area contributed by atoms with Crippen molar-refractivity contribution in [3.8, 4) is 0 Å². The molecule has 134 valence electrons. The summed E-state index contributed by atoms with van der Waals surface area (Å²) in [5.41, 5.74) is 0. The normalized spacial score (nSPS) is 22.6. The highest BCUT2D eigenvalue weighted by Gasteiger charge is 2.27. The van der Waals surface area contributed by atoms with Crippen LogP contribution in [0.2, 0.25) is 0 Å². The maximum absolute atomic E-state index is 11.7. The van der Waals surface area contributed by atoms with Gasteiger partial charge in [0.05, 0.1) is 5.75 Å². The van der Waals surface area contributed by atoms with Crippen LogP contribution in [0.3, 0.4) is 0 Å². The second-order valence-electron chi connectivity index (χ2n) is 6.64. The molecule has 1 saturated carbocycles. The first kappa shape index (κ1) is 18.5. The molecule has 6 nitrogen and oxygen atoms in total. The SMILES string of the molecule is CN=C(NCCCCC1CCCC1)NCCN1CCCS1(=O)=O. The first-order valence-electron chi connectivity index (χ1n) is 9.04. The Labute approximate surface area is 141 Å². The molecular formula is C16H32N4O2S. The Balaban J connectivity index is 1.53. The number of aliphatic imine (C=N–C) groups is 1. The fraction of sp³-hybridized carbons (Fsp3) is 0.938. The van der Waals surface area contributed by atoms with Gasteiger partial charge in [-0.05, 0) is 18.8 Å². The zero-order valence-corrected chi connectivity index (χ0v) is 15.2. The molecule has 7 heteroatoms. The molecular weight excluding hydrogens is 312 g/mol. The maximum atomic E-state index is 11.7. The lowest BCUT2D eigenvalue weighted by Crippen LogP contribution is -2.42. The molecule has 0 aromatic heterocycles. The molecule has 0 amide bonds. The van der Waals surface area contributed by atoms with Crippen molar-refractivity contribution >= 4 is 16.0 Å². The average Bonchev–Trinajstić information content (AvgIpc) is 3.15. The standard InChI is InChI=1S/C16H32N4O2S/c1-17-16(18-10-5-4-9-15-7-2-3-8-15)19-11-13-20-12-6-14-23(20,21)22/h15H,2-14H2,1H3,(H2,17,18,19). The lowest BCUT2D eigenvalue weighted by atomic mass is 10.0. The second-order valence-corrected chi connectivity index (χ2v) is 8.73. The summed E-state index contributed by atoms with van der Waals surface area (Å²) >= 11 is 0. The zero-order chi connectivity index (χ0) is 16.5. The summed E-state index contributed by atoms with van der Waals surface area (Å²) < 4.78 is 25.0. The highest BCUT2D eigenvalue weighted by Crippen LogP contribution is 2.28. The van der Waals surface area contributed by atoms with E-state index in [0.29, 0.717) is 25.4 Å². The minimum absolute atomic E-state index is 0.293. The van der Waals surface area contributed by atoms with E-state index in [0.717, 1.165) is 31.3 Å². The van der Waals surface area contributed by atoms with Crippen molar-refractivity contribution < 1.29 is 8.42 Å². The van der Waals surface area contributed by atoms with E-state index >= 15 is 0 Å². The number of unbranched alkanes of at least 4 members (excludes halogenated alkanes) is 1. The van der Waals surface area contributed by atoms with E-state index in [-0.39, 0.29) is 0 Å². The fourth-order valence-corrected chi connectivity index (χ4v) is 5.05. The molecule has 0 unspecified atom stereocenters. The van der Waals surface area contributed by atoms with Gasteiger partial charge in [0.15, 0.2) is 5.96 Å². The molecule has 23 heavy (non-hydrogen) atoms. The van der Waals surface area contributed by atoms with E-state index in [2.05, 4.69) is 15.6 Å². The number of hydrogen-bond donors (Lipinski definition) is 2. The van der Waals surface area contributed by atoms with Crippen molar-refractivity contribution in [2.45, 2.75) is 51.4 Å². The average molecular weight is 345 g/mol. The quantitative estimate of drug-likeness (QED) is 0.398. The van der Waals surface area contributed by atoms with Crippen LogP contribution in [0.1, 0.15) is 51.4 Å². The Kier molecular flexibility index (Phi) is 7.62. The van der Waals surface area contributed by atoms with Crippen LogP contribution in [0.25, 0.3) is 0 Å². The van der Waals surface area contributed by atoms with Crippen LogP contribution >= 0.6 is 0 Å². The monoisotopic (exact) mass is 344 g/mol. The van der Waals surface area contributed by atoms with Gasteiger partial charge in [-0.3, -0.25) is 4.99 Å². The van der Waals surface area contributed by atoms with E-state index in [4.69, 9.17) is 0 Å². The van der Waals surface area contributed by atoms with Crippen LogP contribution in [0, 0.1) is 5.92 Å². The number of rotatable bonds is 8. The van der Waals surface area contributed by atoms with Gasteiger partial charge in [-0.2, -0.15) is 0 Å². The van der Waals surface area contributed by atoms with Gasteiger partial charge < -0.3 is 10.6 Å². The van der Waals surface area contributed by atoms with Crippen LogP contribution < -0.4 is 10.6 Å². The summed E-state index contributed by atoms with van der Waals surface area (Å²) in [5.74, 6) is 2.03. The van der Waals surface area contributed by atoms with Crippen LogP contribution in [-0.4, -0.2) is 57.7 Å². The van der Waals surface area contributed by atoms with Gasteiger partial charge in [-0.25, -0.2) is 12.7 Å². The Hall–Kier alpha value is -0.820. The van der Waals surface area contributed by atoms with Gasteiger partial charge in [0, 0.05) is 33.2 Å². The van der Waals surface area contributed by atoms with Crippen molar-refractivity contribution in [1.29, 1.82) is 0 Å². The van der Waals surface area contributed by atoms with Crippen LogP contribution in [0.4, 0.5) is 0 Å². The lowest BCUT2D eigenvalue weighted by Gasteiger charge is -2.16. The van der Waals surface area contributed by atoms with Crippen LogP contribution in [0.15, 0.2) is 4.99 Å². The first-order chi connectivity index (χ1) is 11.1. The van der Waals surface area contributed by atoms with E-state index in [1.54, 1.807) is 11.4 Å². The molecule has 0 bridgehead atoms. The van der Waals surface area contributed by atoms with Gasteiger partial charge in [-0.1, -0.05) is 38.5 Å². The summed E-state index contributed by atoms with van der Waals surface area (Å²) in [4.78, 5) is 4.19. The van der Waals surface area contributed by atoms with Crippen molar-refractivity contribution in [3.05, 3.63) is 0 Å². The molecule has 2 aliphatic rings. The number of nitrogens with one attached hydrogen (secondary N) is 2. The number of hydrogen-bond acceptors (Lipinski definition) is 3. The molecule has 0 aromatic carbocycles. The van der Waals surface area contributed by atoms with E-state index in [9.17, 15) is 8.42 Å². The summed E-state index contributed by atoms with van der Waals surface area (Å²) in [7, 11) is -1.24. The topological polar surface area (TPSA) is 73.8 Å². The Morgan fingerprint density at radius 1 is 1.13 bits per heavy atom.